The highest BCUT2D eigenvalue weighted by Crippen LogP contribution is 2.20. The molecule has 0 atom stereocenters. The van der Waals surface area contributed by atoms with E-state index in [9.17, 15) is 14.4 Å². The van der Waals surface area contributed by atoms with Gasteiger partial charge in [-0.2, -0.15) is 5.10 Å². The second kappa shape index (κ2) is 12.0. The molecule has 37 heavy (non-hydrogen) atoms. The normalized spacial score (nSPS) is 14.1. The van der Waals surface area contributed by atoms with Crippen molar-refractivity contribution >= 4 is 28.3 Å². The molecule has 2 heterocycles. The summed E-state index contributed by atoms with van der Waals surface area (Å²) in [6, 6.07) is 13.6. The van der Waals surface area contributed by atoms with Crippen LogP contribution in [0.2, 0.25) is 0 Å². The van der Waals surface area contributed by atoms with Crippen molar-refractivity contribution < 1.29 is 14.3 Å². The number of esters is 1. The molecule has 0 spiro atoms. The van der Waals surface area contributed by atoms with Crippen LogP contribution in [0.1, 0.15) is 30.2 Å². The fourth-order valence-electron chi connectivity index (χ4n) is 4.55. The van der Waals surface area contributed by atoms with E-state index in [0.29, 0.717) is 29.4 Å². The van der Waals surface area contributed by atoms with Crippen molar-refractivity contribution in [1.82, 2.24) is 20.0 Å². The minimum Gasteiger partial charge on any atom is -0.466 e. The molecular formula is C28H35N5O4. The maximum atomic E-state index is 12.9. The Morgan fingerprint density at radius 2 is 1.73 bits per heavy atom. The molecule has 1 fully saturated rings. The SMILES string of the molecule is CCOC(=O)Cc1nn(CNC(=O)CCN2CCN(c3ccc(C)c(C)c3)CC2)c(=O)c2ccccc12. The van der Waals surface area contributed by atoms with Gasteiger partial charge in [0.2, 0.25) is 5.91 Å². The van der Waals surface area contributed by atoms with Crippen molar-refractivity contribution in [2.24, 2.45) is 0 Å². The number of aryl methyl sites for hydroxylation is 2. The summed E-state index contributed by atoms with van der Waals surface area (Å²) in [7, 11) is 0. The van der Waals surface area contributed by atoms with Gasteiger partial charge in [-0.05, 0) is 50.1 Å². The number of aromatic nitrogens is 2. The molecule has 9 nitrogen and oxygen atoms in total. The smallest absolute Gasteiger partial charge is 0.311 e. The molecule has 2 aromatic carbocycles. The number of ether oxygens (including phenoxy) is 1. The Hall–Kier alpha value is -3.72. The van der Waals surface area contributed by atoms with E-state index < -0.39 is 5.97 Å². The third-order valence-corrected chi connectivity index (χ3v) is 6.87. The number of nitrogens with zero attached hydrogens (tertiary/aromatic N) is 4. The average molecular weight is 506 g/mol. The highest BCUT2D eigenvalue weighted by Gasteiger charge is 2.19. The highest BCUT2D eigenvalue weighted by atomic mass is 16.5. The lowest BCUT2D eigenvalue weighted by Crippen LogP contribution is -2.47. The van der Waals surface area contributed by atoms with Gasteiger partial charge in [-0.1, -0.05) is 24.3 Å². The lowest BCUT2D eigenvalue weighted by Gasteiger charge is -2.36. The number of anilines is 1. The summed E-state index contributed by atoms with van der Waals surface area (Å²) in [6.45, 7) is 10.5. The van der Waals surface area contributed by atoms with Gasteiger partial charge in [0, 0.05) is 50.2 Å². The molecule has 0 unspecified atom stereocenters. The summed E-state index contributed by atoms with van der Waals surface area (Å²) < 4.78 is 6.26. The third-order valence-electron chi connectivity index (χ3n) is 6.87. The number of piperazine rings is 1. The van der Waals surface area contributed by atoms with Crippen LogP contribution in [0.3, 0.4) is 0 Å². The molecular weight excluding hydrogens is 470 g/mol. The average Bonchev–Trinajstić information content (AvgIpc) is 2.90. The van der Waals surface area contributed by atoms with Crippen molar-refractivity contribution in [2.75, 3.05) is 44.2 Å². The second-order valence-electron chi connectivity index (χ2n) is 9.38. The van der Waals surface area contributed by atoms with E-state index in [1.54, 1.807) is 31.2 Å². The van der Waals surface area contributed by atoms with Crippen molar-refractivity contribution in [1.29, 1.82) is 0 Å². The minimum absolute atomic E-state index is 0.0449. The largest absolute Gasteiger partial charge is 0.466 e. The maximum Gasteiger partial charge on any atom is 0.311 e. The van der Waals surface area contributed by atoms with E-state index in [1.165, 1.54) is 21.5 Å². The zero-order chi connectivity index (χ0) is 26.4. The lowest BCUT2D eigenvalue weighted by molar-refractivity contribution is -0.142. The molecule has 1 aliphatic rings. The molecule has 1 saturated heterocycles. The number of amides is 1. The molecule has 0 aliphatic carbocycles. The standard InChI is InChI=1S/C28H35N5O4/c1-4-37-27(35)18-25-23-7-5-6-8-24(23)28(36)33(30-25)19-29-26(34)11-12-31-13-15-32(16-14-31)22-10-9-20(2)21(3)17-22/h5-10,17H,4,11-16,18-19H2,1-3H3,(H,29,34). The summed E-state index contributed by atoms with van der Waals surface area (Å²) in [6.07, 6.45) is 0.290. The van der Waals surface area contributed by atoms with E-state index in [1.807, 2.05) is 0 Å². The topological polar surface area (TPSA) is 96.8 Å². The van der Waals surface area contributed by atoms with Gasteiger partial charge >= 0.3 is 5.97 Å². The Kier molecular flexibility index (Phi) is 8.55. The van der Waals surface area contributed by atoms with Crippen molar-refractivity contribution in [3.8, 4) is 0 Å². The number of rotatable bonds is 9. The number of benzene rings is 2. The van der Waals surface area contributed by atoms with Gasteiger partial charge < -0.3 is 15.0 Å². The van der Waals surface area contributed by atoms with Crippen LogP contribution in [0.15, 0.2) is 47.3 Å². The van der Waals surface area contributed by atoms with Crippen LogP contribution in [0.5, 0.6) is 0 Å². The zero-order valence-electron chi connectivity index (χ0n) is 21.8. The van der Waals surface area contributed by atoms with E-state index in [4.69, 9.17) is 4.74 Å². The van der Waals surface area contributed by atoms with Crippen LogP contribution in [0, 0.1) is 13.8 Å². The predicted molar refractivity (Wildman–Crippen MR) is 144 cm³/mol. The molecule has 0 saturated carbocycles. The molecule has 196 valence electrons. The summed E-state index contributed by atoms with van der Waals surface area (Å²) in [5, 5.41) is 8.24. The van der Waals surface area contributed by atoms with Gasteiger partial charge in [-0.15, -0.1) is 0 Å². The van der Waals surface area contributed by atoms with Crippen LogP contribution >= 0.6 is 0 Å². The lowest BCUT2D eigenvalue weighted by atomic mass is 10.1. The first-order valence-electron chi connectivity index (χ1n) is 12.8. The number of carbonyl (C=O) groups excluding carboxylic acids is 2. The third kappa shape index (κ3) is 6.54. The minimum atomic E-state index is -0.410. The van der Waals surface area contributed by atoms with E-state index in [2.05, 4.69) is 52.3 Å². The molecule has 0 radical (unpaired) electrons. The van der Waals surface area contributed by atoms with Gasteiger partial charge in [0.1, 0.15) is 6.67 Å². The first kappa shape index (κ1) is 26.3. The number of carbonyl (C=O) groups is 2. The number of hydrogen-bond donors (Lipinski definition) is 1. The van der Waals surface area contributed by atoms with Crippen molar-refractivity contribution in [3.63, 3.8) is 0 Å². The fraction of sp³-hybridized carbons (Fsp3) is 0.429. The van der Waals surface area contributed by atoms with Gasteiger partial charge in [0.25, 0.3) is 5.56 Å². The summed E-state index contributed by atoms with van der Waals surface area (Å²) in [5.74, 6) is -0.558. The van der Waals surface area contributed by atoms with Gasteiger partial charge in [0.15, 0.2) is 0 Å². The van der Waals surface area contributed by atoms with Crippen molar-refractivity contribution in [2.45, 2.75) is 40.3 Å². The first-order chi connectivity index (χ1) is 17.9. The van der Waals surface area contributed by atoms with Gasteiger partial charge in [-0.3, -0.25) is 19.3 Å². The van der Waals surface area contributed by atoms with E-state index in [-0.39, 0.29) is 31.2 Å². The van der Waals surface area contributed by atoms with Crippen LogP contribution < -0.4 is 15.8 Å². The number of hydrogen-bond acceptors (Lipinski definition) is 7. The fourth-order valence-corrected chi connectivity index (χ4v) is 4.55. The van der Waals surface area contributed by atoms with E-state index in [0.717, 1.165) is 26.2 Å². The Balaban J connectivity index is 1.31. The number of nitrogens with one attached hydrogen (secondary N) is 1. The Bertz CT molecular complexity index is 1330. The molecule has 4 rings (SSSR count). The van der Waals surface area contributed by atoms with Crippen LogP contribution in [-0.4, -0.2) is 65.9 Å². The van der Waals surface area contributed by atoms with E-state index >= 15 is 0 Å². The predicted octanol–water partition coefficient (Wildman–Crippen LogP) is 2.40. The van der Waals surface area contributed by atoms with Crippen LogP contribution in [0.4, 0.5) is 5.69 Å². The molecule has 1 aliphatic heterocycles. The van der Waals surface area contributed by atoms with Crippen LogP contribution in [-0.2, 0) is 27.4 Å². The Labute approximate surface area is 217 Å². The molecule has 1 amide bonds. The first-order valence-corrected chi connectivity index (χ1v) is 12.8. The molecule has 1 aromatic heterocycles. The van der Waals surface area contributed by atoms with Crippen molar-refractivity contribution in [3.05, 3.63) is 69.6 Å². The zero-order valence-corrected chi connectivity index (χ0v) is 21.8. The Morgan fingerprint density at radius 3 is 2.43 bits per heavy atom. The van der Waals surface area contributed by atoms with Gasteiger partial charge in [0.05, 0.1) is 24.1 Å². The molecule has 0 bridgehead atoms. The van der Waals surface area contributed by atoms with Crippen LogP contribution in [0.25, 0.3) is 10.8 Å². The summed E-state index contributed by atoms with van der Waals surface area (Å²) in [5.41, 5.74) is 3.97. The Morgan fingerprint density at radius 1 is 1.00 bits per heavy atom. The summed E-state index contributed by atoms with van der Waals surface area (Å²) in [4.78, 5) is 42.2. The molecule has 1 N–H and O–H groups in total. The number of fused-ring (bicyclic) bond motifs is 1. The summed E-state index contributed by atoms with van der Waals surface area (Å²) >= 11 is 0. The highest BCUT2D eigenvalue weighted by molar-refractivity contribution is 5.87. The molecule has 3 aromatic rings. The maximum absolute atomic E-state index is 12.9. The second-order valence-corrected chi connectivity index (χ2v) is 9.38. The monoisotopic (exact) mass is 505 g/mol. The van der Waals surface area contributed by atoms with Gasteiger partial charge in [-0.25, -0.2) is 4.68 Å². The quantitative estimate of drug-likeness (QED) is 0.446. The molecule has 9 heteroatoms.